The third kappa shape index (κ3) is 4.16. The molecule has 1 N–H and O–H groups in total. The quantitative estimate of drug-likeness (QED) is 0.520. The standard InChI is InChI=1S/C22H23N7O2/c1-4-28-10-8-23-20(28)13-27(3)22(31)17-6-5-15(2)18(11-17)26-21(30)16-7-9-29-19(12-16)24-14-25-29/h5-12,14H,4,13H2,1-3H3,(H,26,30). The zero-order valence-electron chi connectivity index (χ0n) is 17.6. The second-order valence-electron chi connectivity index (χ2n) is 7.25. The van der Waals surface area contributed by atoms with E-state index in [1.807, 2.05) is 30.7 Å². The summed E-state index contributed by atoms with van der Waals surface area (Å²) in [5, 5.41) is 6.93. The summed E-state index contributed by atoms with van der Waals surface area (Å²) in [7, 11) is 1.74. The highest BCUT2D eigenvalue weighted by atomic mass is 16.2. The maximum atomic E-state index is 13.0. The number of benzene rings is 1. The van der Waals surface area contributed by atoms with Crippen LogP contribution in [0.15, 0.2) is 55.2 Å². The maximum absolute atomic E-state index is 13.0. The molecule has 0 aliphatic carbocycles. The van der Waals surface area contributed by atoms with E-state index in [2.05, 4.69) is 20.4 Å². The molecular formula is C22H23N7O2. The molecule has 9 nitrogen and oxygen atoms in total. The molecule has 9 heteroatoms. The molecule has 0 aliphatic rings. The summed E-state index contributed by atoms with van der Waals surface area (Å²) in [6.07, 6.45) is 6.73. The van der Waals surface area contributed by atoms with E-state index in [0.29, 0.717) is 29.0 Å². The Morgan fingerprint density at radius 2 is 1.94 bits per heavy atom. The van der Waals surface area contributed by atoms with Crippen LogP contribution < -0.4 is 5.32 Å². The first-order valence-electron chi connectivity index (χ1n) is 9.93. The third-order valence-electron chi connectivity index (χ3n) is 5.14. The van der Waals surface area contributed by atoms with Gasteiger partial charge >= 0.3 is 0 Å². The van der Waals surface area contributed by atoms with Gasteiger partial charge in [0.2, 0.25) is 0 Å². The van der Waals surface area contributed by atoms with Gasteiger partial charge in [0.05, 0.1) is 6.54 Å². The van der Waals surface area contributed by atoms with Gasteiger partial charge in [-0.15, -0.1) is 0 Å². The topological polar surface area (TPSA) is 97.4 Å². The fraction of sp³-hybridized carbons (Fsp3) is 0.227. The fourth-order valence-corrected chi connectivity index (χ4v) is 3.32. The Morgan fingerprint density at radius 3 is 2.74 bits per heavy atom. The van der Waals surface area contributed by atoms with Crippen molar-refractivity contribution in [2.24, 2.45) is 0 Å². The van der Waals surface area contributed by atoms with Crippen LogP contribution in [0.3, 0.4) is 0 Å². The van der Waals surface area contributed by atoms with E-state index in [9.17, 15) is 9.59 Å². The number of rotatable bonds is 6. The zero-order chi connectivity index (χ0) is 22.0. The second-order valence-corrected chi connectivity index (χ2v) is 7.25. The molecule has 2 amide bonds. The summed E-state index contributed by atoms with van der Waals surface area (Å²) >= 11 is 0. The summed E-state index contributed by atoms with van der Waals surface area (Å²) < 4.78 is 3.58. The lowest BCUT2D eigenvalue weighted by Gasteiger charge is -2.18. The van der Waals surface area contributed by atoms with Gasteiger partial charge in [0.25, 0.3) is 11.8 Å². The highest BCUT2D eigenvalue weighted by Gasteiger charge is 2.17. The summed E-state index contributed by atoms with van der Waals surface area (Å²) in [6, 6.07) is 8.62. The molecule has 3 heterocycles. The van der Waals surface area contributed by atoms with Crippen molar-refractivity contribution in [1.29, 1.82) is 0 Å². The number of nitrogens with zero attached hydrogens (tertiary/aromatic N) is 6. The average Bonchev–Trinajstić information content (AvgIpc) is 3.42. The van der Waals surface area contributed by atoms with Gasteiger partial charge in [0, 0.05) is 49.0 Å². The Morgan fingerprint density at radius 1 is 1.10 bits per heavy atom. The summed E-state index contributed by atoms with van der Waals surface area (Å²) in [4.78, 5) is 35.8. The van der Waals surface area contributed by atoms with Crippen molar-refractivity contribution < 1.29 is 9.59 Å². The Labute approximate surface area is 179 Å². The van der Waals surface area contributed by atoms with Crippen LogP contribution in [0.25, 0.3) is 5.65 Å². The molecule has 4 rings (SSSR count). The molecule has 1 aromatic carbocycles. The van der Waals surface area contributed by atoms with Crippen LogP contribution in [0.1, 0.15) is 39.0 Å². The number of imidazole rings is 1. The number of aryl methyl sites for hydroxylation is 2. The number of hydrogen-bond donors (Lipinski definition) is 1. The largest absolute Gasteiger partial charge is 0.334 e. The average molecular weight is 417 g/mol. The van der Waals surface area contributed by atoms with Crippen molar-refractivity contribution in [1.82, 2.24) is 29.0 Å². The van der Waals surface area contributed by atoms with Crippen LogP contribution in [-0.2, 0) is 13.1 Å². The van der Waals surface area contributed by atoms with Gasteiger partial charge < -0.3 is 14.8 Å². The number of carbonyl (C=O) groups is 2. The molecule has 0 aliphatic heterocycles. The van der Waals surface area contributed by atoms with E-state index in [1.54, 1.807) is 53.1 Å². The first-order valence-corrected chi connectivity index (χ1v) is 9.93. The van der Waals surface area contributed by atoms with Crippen molar-refractivity contribution in [3.05, 3.63) is 77.8 Å². The summed E-state index contributed by atoms with van der Waals surface area (Å²) in [5.74, 6) is 0.394. The van der Waals surface area contributed by atoms with Crippen LogP contribution in [0.5, 0.6) is 0 Å². The Kier molecular flexibility index (Phi) is 5.48. The third-order valence-corrected chi connectivity index (χ3v) is 5.14. The lowest BCUT2D eigenvalue weighted by Crippen LogP contribution is -2.28. The monoisotopic (exact) mass is 417 g/mol. The lowest BCUT2D eigenvalue weighted by atomic mass is 10.1. The number of fused-ring (bicyclic) bond motifs is 1. The molecule has 0 bridgehead atoms. The molecule has 0 spiro atoms. The number of hydrogen-bond acceptors (Lipinski definition) is 5. The lowest BCUT2D eigenvalue weighted by molar-refractivity contribution is 0.0780. The molecular weight excluding hydrogens is 394 g/mol. The number of pyridine rings is 1. The summed E-state index contributed by atoms with van der Waals surface area (Å²) in [5.41, 5.74) is 2.98. The van der Waals surface area contributed by atoms with Gasteiger partial charge in [-0.1, -0.05) is 6.07 Å². The Hall–Kier alpha value is -4.01. The predicted octanol–water partition coefficient (Wildman–Crippen LogP) is 2.78. The highest BCUT2D eigenvalue weighted by molar-refractivity contribution is 6.06. The van der Waals surface area contributed by atoms with E-state index < -0.39 is 0 Å². The molecule has 0 unspecified atom stereocenters. The summed E-state index contributed by atoms with van der Waals surface area (Å²) in [6.45, 7) is 5.10. The molecule has 3 aromatic heterocycles. The second kappa shape index (κ2) is 8.39. The van der Waals surface area contributed by atoms with Crippen molar-refractivity contribution in [2.75, 3.05) is 12.4 Å². The van der Waals surface area contributed by atoms with Gasteiger partial charge in [0.15, 0.2) is 5.65 Å². The van der Waals surface area contributed by atoms with Gasteiger partial charge in [0.1, 0.15) is 12.2 Å². The van der Waals surface area contributed by atoms with Crippen molar-refractivity contribution >= 4 is 23.1 Å². The minimum Gasteiger partial charge on any atom is -0.334 e. The van der Waals surface area contributed by atoms with Crippen LogP contribution in [0.2, 0.25) is 0 Å². The number of nitrogens with one attached hydrogen (secondary N) is 1. The first kappa shape index (κ1) is 20.3. The zero-order valence-corrected chi connectivity index (χ0v) is 17.6. The molecule has 0 radical (unpaired) electrons. The smallest absolute Gasteiger partial charge is 0.255 e. The molecule has 0 atom stereocenters. The van der Waals surface area contributed by atoms with Crippen LogP contribution in [-0.4, -0.2) is 47.9 Å². The number of carbonyl (C=O) groups excluding carboxylic acids is 2. The molecule has 0 saturated carbocycles. The van der Waals surface area contributed by atoms with E-state index >= 15 is 0 Å². The molecule has 4 aromatic rings. The molecule has 158 valence electrons. The minimum absolute atomic E-state index is 0.147. The minimum atomic E-state index is -0.281. The van der Waals surface area contributed by atoms with Crippen molar-refractivity contribution in [3.63, 3.8) is 0 Å². The van der Waals surface area contributed by atoms with E-state index in [-0.39, 0.29) is 11.8 Å². The van der Waals surface area contributed by atoms with Crippen LogP contribution in [0, 0.1) is 6.92 Å². The molecule has 31 heavy (non-hydrogen) atoms. The molecule has 0 fully saturated rings. The Bertz CT molecular complexity index is 1260. The van der Waals surface area contributed by atoms with Crippen LogP contribution >= 0.6 is 0 Å². The molecule has 0 saturated heterocycles. The fourth-order valence-electron chi connectivity index (χ4n) is 3.32. The van der Waals surface area contributed by atoms with E-state index in [4.69, 9.17) is 0 Å². The van der Waals surface area contributed by atoms with Gasteiger partial charge in [-0.05, 0) is 43.7 Å². The van der Waals surface area contributed by atoms with Crippen LogP contribution in [0.4, 0.5) is 5.69 Å². The normalized spacial score (nSPS) is 10.9. The van der Waals surface area contributed by atoms with Gasteiger partial charge in [-0.25, -0.2) is 14.5 Å². The highest BCUT2D eigenvalue weighted by Crippen LogP contribution is 2.20. The van der Waals surface area contributed by atoms with Crippen molar-refractivity contribution in [2.45, 2.75) is 26.9 Å². The van der Waals surface area contributed by atoms with Crippen molar-refractivity contribution in [3.8, 4) is 0 Å². The van der Waals surface area contributed by atoms with Gasteiger partial charge in [-0.2, -0.15) is 5.10 Å². The number of amides is 2. The maximum Gasteiger partial charge on any atom is 0.255 e. The number of anilines is 1. The first-order chi connectivity index (χ1) is 15.0. The SMILES string of the molecule is CCn1ccnc1CN(C)C(=O)c1ccc(C)c(NC(=O)c2ccn3ncnc3c2)c1. The van der Waals surface area contributed by atoms with Gasteiger partial charge in [-0.3, -0.25) is 9.59 Å². The van der Waals surface area contributed by atoms with E-state index in [0.717, 1.165) is 17.9 Å². The Balaban J connectivity index is 1.52. The van der Waals surface area contributed by atoms with E-state index in [1.165, 1.54) is 6.33 Å². The predicted molar refractivity (Wildman–Crippen MR) is 116 cm³/mol. The number of aromatic nitrogens is 5.